The molecule has 0 saturated carbocycles. The van der Waals surface area contributed by atoms with Gasteiger partial charge in [-0.1, -0.05) is 0 Å². The second-order valence-corrected chi connectivity index (χ2v) is 19.0. The normalized spacial score (nSPS) is 11.5. The Labute approximate surface area is 81.1 Å². The van der Waals surface area contributed by atoms with Crippen molar-refractivity contribution in [3.63, 3.8) is 0 Å². The first-order chi connectivity index (χ1) is 5.02. The zero-order valence-electron chi connectivity index (χ0n) is 7.22. The third kappa shape index (κ3) is 2.50. The van der Waals surface area contributed by atoms with Crippen molar-refractivity contribution in [1.82, 2.24) is 0 Å². The molecule has 0 saturated heterocycles. The third-order valence-electron chi connectivity index (χ3n) is 1.70. The molecule has 1 aromatic carbocycles. The third-order valence-corrected chi connectivity index (χ3v) is 9.46. The van der Waals surface area contributed by atoms with Gasteiger partial charge in [-0.2, -0.15) is 0 Å². The molecule has 0 N–H and O–H groups in total. The Balaban J connectivity index is 3.14. The van der Waals surface area contributed by atoms with Crippen LogP contribution in [0, 0.1) is 0 Å². The number of benzene rings is 1. The first-order valence-corrected chi connectivity index (χ1v) is 14.6. The van der Waals surface area contributed by atoms with Crippen LogP contribution in [0.4, 0.5) is 0 Å². The molecule has 0 unspecified atom stereocenters. The van der Waals surface area contributed by atoms with Crippen LogP contribution in [0.3, 0.4) is 0 Å². The molecule has 0 heterocycles. The molecule has 0 aliphatic carbocycles. The van der Waals surface area contributed by atoms with Crippen LogP contribution in [0.25, 0.3) is 0 Å². The topological polar surface area (TPSA) is 0 Å². The predicted octanol–water partition coefficient (Wildman–Crippen LogP) is 1.03. The fourth-order valence-electron chi connectivity index (χ4n) is 1.09. The number of hydrogen-bond donors (Lipinski definition) is 0. The van der Waals surface area contributed by atoms with Crippen molar-refractivity contribution in [2.24, 2.45) is 0 Å². The second-order valence-electron chi connectivity index (χ2n) is 3.75. The predicted molar refractivity (Wildman–Crippen MR) is 54.8 cm³/mol. The van der Waals surface area contributed by atoms with Gasteiger partial charge < -0.3 is 0 Å². The average molecular weight is 319 g/mol. The van der Waals surface area contributed by atoms with E-state index in [1.165, 1.54) is 4.46 Å². The van der Waals surface area contributed by atoms with Gasteiger partial charge in [-0.05, 0) is 0 Å². The zero-order valence-corrected chi connectivity index (χ0v) is 11.8. The summed E-state index contributed by atoms with van der Waals surface area (Å²) in [5.74, 6) is 0. The van der Waals surface area contributed by atoms with Crippen molar-refractivity contribution < 1.29 is 0 Å². The van der Waals surface area contributed by atoms with E-state index in [-0.39, 0.29) is 0 Å². The van der Waals surface area contributed by atoms with Gasteiger partial charge >= 0.3 is 81.5 Å². The first kappa shape index (κ1) is 9.62. The summed E-state index contributed by atoms with van der Waals surface area (Å²) in [5, 5.41) is 0. The van der Waals surface area contributed by atoms with Crippen molar-refractivity contribution in [1.29, 1.82) is 0 Å². The van der Waals surface area contributed by atoms with Gasteiger partial charge in [-0.15, -0.1) is 0 Å². The summed E-state index contributed by atoms with van der Waals surface area (Å²) < 4.78 is 2.96. The molecule has 0 nitrogen and oxygen atoms in total. The molecule has 0 amide bonds. The Morgan fingerprint density at radius 1 is 1.09 bits per heavy atom. The summed E-state index contributed by atoms with van der Waals surface area (Å²) >= 11 is 1.32. The van der Waals surface area contributed by atoms with E-state index in [4.69, 9.17) is 0 Å². The quantitative estimate of drug-likeness (QED) is 0.679. The molecule has 1 radical (unpaired) electrons. The fraction of sp³-hybridized carbons (Fsp3) is 0.333. The molecular formula is C9H13SeSn. The summed E-state index contributed by atoms with van der Waals surface area (Å²) in [4.78, 5) is 7.31. The second kappa shape index (κ2) is 3.51. The Hall–Kier alpha value is 0.538. The molecule has 0 atom stereocenters. The van der Waals surface area contributed by atoms with E-state index in [0.29, 0.717) is 0 Å². The van der Waals surface area contributed by atoms with Crippen LogP contribution in [0.1, 0.15) is 0 Å². The van der Waals surface area contributed by atoms with Gasteiger partial charge in [0, 0.05) is 0 Å². The summed E-state index contributed by atoms with van der Waals surface area (Å²) in [6.45, 7) is 0. The molecular weight excluding hydrogens is 306 g/mol. The van der Waals surface area contributed by atoms with E-state index in [1.54, 1.807) is 3.58 Å². The molecule has 0 aromatic heterocycles. The molecule has 2 heteroatoms. The van der Waals surface area contributed by atoms with Gasteiger partial charge in [0.25, 0.3) is 0 Å². The maximum absolute atomic E-state index is 3.13. The molecule has 11 heavy (non-hydrogen) atoms. The van der Waals surface area contributed by atoms with Crippen LogP contribution in [-0.4, -0.2) is 34.4 Å². The van der Waals surface area contributed by atoms with E-state index in [9.17, 15) is 0 Å². The van der Waals surface area contributed by atoms with Gasteiger partial charge in [-0.3, -0.25) is 0 Å². The van der Waals surface area contributed by atoms with Crippen LogP contribution in [0.15, 0.2) is 24.3 Å². The molecule has 0 aliphatic heterocycles. The van der Waals surface area contributed by atoms with Crippen molar-refractivity contribution >= 4 is 42.4 Å². The van der Waals surface area contributed by atoms with E-state index in [0.717, 1.165) is 0 Å². The molecule has 59 valence electrons. The minimum atomic E-state index is -1.81. The van der Waals surface area contributed by atoms with Gasteiger partial charge in [0.15, 0.2) is 0 Å². The van der Waals surface area contributed by atoms with Crippen LogP contribution in [-0.2, 0) is 0 Å². The van der Waals surface area contributed by atoms with Gasteiger partial charge in [-0.25, -0.2) is 0 Å². The average Bonchev–Trinajstić information content (AvgIpc) is 1.86. The summed E-state index contributed by atoms with van der Waals surface area (Å²) in [6, 6.07) is 8.66. The van der Waals surface area contributed by atoms with Crippen molar-refractivity contribution in [3.8, 4) is 0 Å². The first-order valence-electron chi connectivity index (χ1n) is 3.78. The standard InChI is InChI=1S/C6H4Se.3CH3.Sn/c7-6-4-2-1-3-5-6;;;;/h1-4H;3*1H3;. The van der Waals surface area contributed by atoms with E-state index in [1.807, 2.05) is 0 Å². The van der Waals surface area contributed by atoms with Crippen LogP contribution < -0.4 is 8.04 Å². The summed E-state index contributed by atoms with van der Waals surface area (Å²) in [6.07, 6.45) is 0. The molecule has 0 aliphatic rings. The zero-order chi connectivity index (χ0) is 8.48. The Bertz CT molecular complexity index is 250. The SMILES string of the molecule is [CH3][Sn]([CH3])([CH3])[c]1ccccc1[Se]. The molecule has 1 aromatic rings. The van der Waals surface area contributed by atoms with Crippen LogP contribution in [0.2, 0.25) is 14.8 Å². The van der Waals surface area contributed by atoms with Crippen molar-refractivity contribution in [2.45, 2.75) is 14.8 Å². The number of hydrogen-bond acceptors (Lipinski definition) is 0. The van der Waals surface area contributed by atoms with Crippen LogP contribution >= 0.6 is 0 Å². The molecule has 0 bridgehead atoms. The van der Waals surface area contributed by atoms with Gasteiger partial charge in [0.2, 0.25) is 0 Å². The summed E-state index contributed by atoms with van der Waals surface area (Å²) in [5.41, 5.74) is 0. The fourth-order valence-corrected chi connectivity index (χ4v) is 9.75. The van der Waals surface area contributed by atoms with Crippen molar-refractivity contribution in [3.05, 3.63) is 24.3 Å². The minimum absolute atomic E-state index is 1.36. The van der Waals surface area contributed by atoms with E-state index < -0.39 is 18.4 Å². The monoisotopic (exact) mass is 321 g/mol. The van der Waals surface area contributed by atoms with Crippen LogP contribution in [0.5, 0.6) is 0 Å². The number of rotatable bonds is 1. The molecule has 0 fully saturated rings. The molecule has 0 spiro atoms. The summed E-state index contributed by atoms with van der Waals surface area (Å²) in [7, 11) is 0. The van der Waals surface area contributed by atoms with E-state index >= 15 is 0 Å². The van der Waals surface area contributed by atoms with Gasteiger partial charge in [0.1, 0.15) is 0 Å². The Morgan fingerprint density at radius 3 is 2.00 bits per heavy atom. The maximum atomic E-state index is 3.13. The Morgan fingerprint density at radius 2 is 1.64 bits per heavy atom. The molecule has 1 rings (SSSR count). The van der Waals surface area contributed by atoms with Crippen molar-refractivity contribution in [2.75, 3.05) is 0 Å². The van der Waals surface area contributed by atoms with E-state index in [2.05, 4.69) is 55.1 Å². The Kier molecular flexibility index (Phi) is 3.07. The van der Waals surface area contributed by atoms with Gasteiger partial charge in [0.05, 0.1) is 0 Å².